The lowest BCUT2D eigenvalue weighted by Gasteiger charge is -2.20. The van der Waals surface area contributed by atoms with Crippen molar-refractivity contribution in [3.63, 3.8) is 0 Å². The van der Waals surface area contributed by atoms with Crippen LogP contribution in [0, 0.1) is 0 Å². The molecule has 0 aliphatic heterocycles. The third kappa shape index (κ3) is 1.78. The highest BCUT2D eigenvalue weighted by atomic mass is 35.5. The average molecular weight is 197 g/mol. The highest BCUT2D eigenvalue weighted by Crippen LogP contribution is 2.31. The summed E-state index contributed by atoms with van der Waals surface area (Å²) in [6.45, 7) is 0. The van der Waals surface area contributed by atoms with Crippen LogP contribution in [-0.2, 0) is 5.88 Å². The fourth-order valence-corrected chi connectivity index (χ4v) is 1.73. The van der Waals surface area contributed by atoms with Crippen molar-refractivity contribution >= 4 is 17.3 Å². The van der Waals surface area contributed by atoms with E-state index in [1.807, 2.05) is 12.3 Å². The quantitative estimate of drug-likeness (QED) is 0.691. The maximum absolute atomic E-state index is 5.85. The van der Waals surface area contributed by atoms with Gasteiger partial charge in [0, 0.05) is 25.2 Å². The van der Waals surface area contributed by atoms with E-state index in [0.717, 1.165) is 0 Å². The van der Waals surface area contributed by atoms with E-state index in [9.17, 15) is 0 Å². The molecule has 1 heterocycles. The molecule has 0 atom stereocenters. The summed E-state index contributed by atoms with van der Waals surface area (Å²) in [5.74, 6) is 0.564. The second kappa shape index (κ2) is 3.54. The highest BCUT2D eigenvalue weighted by Gasteiger charge is 2.27. The van der Waals surface area contributed by atoms with Crippen LogP contribution in [0.4, 0.5) is 5.69 Å². The van der Waals surface area contributed by atoms with Gasteiger partial charge in [-0.1, -0.05) is 0 Å². The van der Waals surface area contributed by atoms with Gasteiger partial charge in [0.05, 0.1) is 11.9 Å². The Morgan fingerprint density at radius 2 is 2.38 bits per heavy atom. The lowest BCUT2D eigenvalue weighted by molar-refractivity contribution is 0.904. The number of anilines is 1. The van der Waals surface area contributed by atoms with Crippen molar-refractivity contribution in [2.45, 2.75) is 24.8 Å². The van der Waals surface area contributed by atoms with Gasteiger partial charge in [-0.2, -0.15) is 0 Å². The first kappa shape index (κ1) is 8.82. The Kier molecular flexibility index (Phi) is 2.40. The number of hydrogen-bond acceptors (Lipinski definition) is 2. The molecule has 70 valence electrons. The van der Waals surface area contributed by atoms with Crippen LogP contribution in [0.3, 0.4) is 0 Å². The summed E-state index contributed by atoms with van der Waals surface area (Å²) in [6, 6.07) is 2.70. The van der Waals surface area contributed by atoms with Crippen LogP contribution < -0.4 is 4.90 Å². The van der Waals surface area contributed by atoms with Gasteiger partial charge in [-0.05, 0) is 24.5 Å². The molecule has 3 heteroatoms. The number of halogens is 1. The van der Waals surface area contributed by atoms with Crippen molar-refractivity contribution < 1.29 is 0 Å². The Balaban J connectivity index is 2.26. The van der Waals surface area contributed by atoms with Gasteiger partial charge in [0.2, 0.25) is 0 Å². The number of nitrogens with zero attached hydrogens (tertiary/aromatic N) is 2. The molecule has 0 aromatic carbocycles. The van der Waals surface area contributed by atoms with Crippen LogP contribution in [0.2, 0.25) is 0 Å². The maximum atomic E-state index is 5.85. The molecule has 0 saturated heterocycles. The molecular formula is C10H13ClN2. The van der Waals surface area contributed by atoms with Crippen molar-refractivity contribution in [3.8, 4) is 0 Å². The predicted molar refractivity (Wildman–Crippen MR) is 55.2 cm³/mol. The van der Waals surface area contributed by atoms with E-state index in [4.69, 9.17) is 11.6 Å². The van der Waals surface area contributed by atoms with E-state index < -0.39 is 0 Å². The minimum Gasteiger partial charge on any atom is -0.370 e. The summed E-state index contributed by atoms with van der Waals surface area (Å²) in [4.78, 5) is 6.41. The van der Waals surface area contributed by atoms with Crippen molar-refractivity contribution in [1.82, 2.24) is 4.98 Å². The van der Waals surface area contributed by atoms with E-state index in [1.54, 1.807) is 6.20 Å². The van der Waals surface area contributed by atoms with E-state index in [0.29, 0.717) is 11.9 Å². The summed E-state index contributed by atoms with van der Waals surface area (Å²) < 4.78 is 0. The SMILES string of the molecule is CN(c1cnccc1CCl)C1CC1. The minimum atomic E-state index is 0.564. The first-order valence-electron chi connectivity index (χ1n) is 4.54. The molecule has 0 amide bonds. The lowest BCUT2D eigenvalue weighted by Crippen LogP contribution is -2.20. The van der Waals surface area contributed by atoms with Crippen LogP contribution in [0.15, 0.2) is 18.5 Å². The number of alkyl halides is 1. The molecule has 2 rings (SSSR count). The van der Waals surface area contributed by atoms with E-state index in [1.165, 1.54) is 24.1 Å². The molecule has 1 aliphatic rings. The second-order valence-electron chi connectivity index (χ2n) is 3.48. The Morgan fingerprint density at radius 1 is 1.62 bits per heavy atom. The van der Waals surface area contributed by atoms with Crippen LogP contribution in [0.1, 0.15) is 18.4 Å². The number of aromatic nitrogens is 1. The van der Waals surface area contributed by atoms with Crippen molar-refractivity contribution in [2.75, 3.05) is 11.9 Å². The number of hydrogen-bond donors (Lipinski definition) is 0. The summed E-state index contributed by atoms with van der Waals surface area (Å²) in [6.07, 6.45) is 6.29. The first-order valence-corrected chi connectivity index (χ1v) is 5.08. The Morgan fingerprint density at radius 3 is 3.00 bits per heavy atom. The Hall–Kier alpha value is -0.760. The molecule has 2 nitrogen and oxygen atoms in total. The normalized spacial score (nSPS) is 15.8. The van der Waals surface area contributed by atoms with E-state index in [2.05, 4.69) is 16.9 Å². The predicted octanol–water partition coefficient (Wildman–Crippen LogP) is 2.42. The number of pyridine rings is 1. The standard InChI is InChI=1S/C10H13ClN2/c1-13(9-2-3-9)10-7-12-5-4-8(10)6-11/h4-5,7,9H,2-3,6H2,1H3. The van der Waals surface area contributed by atoms with Gasteiger partial charge in [0.1, 0.15) is 0 Å². The summed E-state index contributed by atoms with van der Waals surface area (Å²) >= 11 is 5.85. The van der Waals surface area contributed by atoms with Crippen molar-refractivity contribution in [3.05, 3.63) is 24.0 Å². The monoisotopic (exact) mass is 196 g/mol. The van der Waals surface area contributed by atoms with Gasteiger partial charge >= 0.3 is 0 Å². The average Bonchev–Trinajstić information content (AvgIpc) is 3.00. The molecule has 0 spiro atoms. The van der Waals surface area contributed by atoms with Crippen LogP contribution in [0.5, 0.6) is 0 Å². The largest absolute Gasteiger partial charge is 0.370 e. The van der Waals surface area contributed by atoms with Gasteiger partial charge in [0.25, 0.3) is 0 Å². The van der Waals surface area contributed by atoms with Gasteiger partial charge in [-0.15, -0.1) is 11.6 Å². The Labute approximate surface area is 83.5 Å². The van der Waals surface area contributed by atoms with Gasteiger partial charge < -0.3 is 4.90 Å². The second-order valence-corrected chi connectivity index (χ2v) is 3.75. The minimum absolute atomic E-state index is 0.564. The Bertz CT molecular complexity index is 297. The third-order valence-electron chi connectivity index (χ3n) is 2.51. The molecule has 1 aromatic rings. The van der Waals surface area contributed by atoms with Crippen molar-refractivity contribution in [1.29, 1.82) is 0 Å². The molecule has 1 fully saturated rings. The summed E-state index contributed by atoms with van der Waals surface area (Å²) in [7, 11) is 2.12. The molecule has 13 heavy (non-hydrogen) atoms. The fourth-order valence-electron chi connectivity index (χ4n) is 1.50. The van der Waals surface area contributed by atoms with Crippen LogP contribution in [-0.4, -0.2) is 18.1 Å². The van der Waals surface area contributed by atoms with E-state index in [-0.39, 0.29) is 0 Å². The molecule has 0 unspecified atom stereocenters. The summed E-state index contributed by atoms with van der Waals surface area (Å²) in [5, 5.41) is 0. The first-order chi connectivity index (χ1) is 6.33. The fraction of sp³-hybridized carbons (Fsp3) is 0.500. The smallest absolute Gasteiger partial charge is 0.0597 e. The molecule has 1 saturated carbocycles. The molecule has 0 N–H and O–H groups in total. The molecular weight excluding hydrogens is 184 g/mol. The van der Waals surface area contributed by atoms with Gasteiger partial charge in [-0.3, -0.25) is 4.98 Å². The molecule has 0 bridgehead atoms. The van der Waals surface area contributed by atoms with E-state index >= 15 is 0 Å². The third-order valence-corrected chi connectivity index (χ3v) is 2.79. The van der Waals surface area contributed by atoms with Gasteiger partial charge in [-0.25, -0.2) is 0 Å². The molecule has 1 aliphatic carbocycles. The van der Waals surface area contributed by atoms with Gasteiger partial charge in [0.15, 0.2) is 0 Å². The zero-order chi connectivity index (χ0) is 9.26. The highest BCUT2D eigenvalue weighted by molar-refractivity contribution is 6.17. The maximum Gasteiger partial charge on any atom is 0.0597 e. The van der Waals surface area contributed by atoms with Crippen LogP contribution >= 0.6 is 11.6 Å². The summed E-state index contributed by atoms with van der Waals surface area (Å²) in [5.41, 5.74) is 2.35. The van der Waals surface area contributed by atoms with Crippen LogP contribution in [0.25, 0.3) is 0 Å². The lowest BCUT2D eigenvalue weighted by atomic mass is 10.2. The van der Waals surface area contributed by atoms with Crippen molar-refractivity contribution in [2.24, 2.45) is 0 Å². The zero-order valence-electron chi connectivity index (χ0n) is 7.70. The number of rotatable bonds is 3. The topological polar surface area (TPSA) is 16.1 Å². The molecule has 1 aromatic heterocycles. The molecule has 0 radical (unpaired) electrons. The zero-order valence-corrected chi connectivity index (χ0v) is 8.46.